The maximum absolute atomic E-state index is 12.8. The number of nitrogens with one attached hydrogen (secondary N) is 1. The third-order valence-electron chi connectivity index (χ3n) is 4.68. The molecule has 0 aromatic heterocycles. The Hall–Kier alpha value is -2.24. The maximum Gasteiger partial charge on any atom is 0.239 e. The molecule has 6 nitrogen and oxygen atoms in total. The summed E-state index contributed by atoms with van der Waals surface area (Å²) >= 11 is 0. The number of nitrogens with zero attached hydrogens (tertiary/aromatic N) is 1. The first-order chi connectivity index (χ1) is 11.4. The van der Waals surface area contributed by atoms with Crippen LogP contribution >= 0.6 is 0 Å². The average molecular weight is 332 g/mol. The van der Waals surface area contributed by atoms with E-state index in [1.165, 1.54) is 0 Å². The largest absolute Gasteiger partial charge is 0.454 e. The summed E-state index contributed by atoms with van der Waals surface area (Å²) in [5.41, 5.74) is -0.523. The second kappa shape index (κ2) is 6.34. The summed E-state index contributed by atoms with van der Waals surface area (Å²) < 4.78 is 10.6. The van der Waals surface area contributed by atoms with Crippen molar-refractivity contribution in [3.8, 4) is 11.5 Å². The van der Waals surface area contributed by atoms with E-state index >= 15 is 0 Å². The molecule has 2 aliphatic heterocycles. The number of carbonyl (C=O) groups excluding carboxylic acids is 2. The number of piperidine rings is 1. The SMILES string of the molecule is CC1CCCN(C(=O)C(C)(C)C(=O)Nc2ccc3c(c2)OCO3)C1. The van der Waals surface area contributed by atoms with Gasteiger partial charge in [-0.05, 0) is 44.7 Å². The summed E-state index contributed by atoms with van der Waals surface area (Å²) in [7, 11) is 0. The minimum Gasteiger partial charge on any atom is -0.454 e. The molecule has 1 aromatic rings. The van der Waals surface area contributed by atoms with Crippen LogP contribution in [0.4, 0.5) is 5.69 Å². The van der Waals surface area contributed by atoms with Crippen LogP contribution in [-0.2, 0) is 9.59 Å². The molecule has 0 radical (unpaired) electrons. The molecule has 6 heteroatoms. The molecule has 1 fully saturated rings. The highest BCUT2D eigenvalue weighted by Crippen LogP contribution is 2.35. The molecule has 1 unspecified atom stereocenters. The van der Waals surface area contributed by atoms with E-state index in [1.807, 2.05) is 4.90 Å². The van der Waals surface area contributed by atoms with Crippen molar-refractivity contribution in [3.63, 3.8) is 0 Å². The second-order valence-electron chi connectivity index (χ2n) is 7.15. The molecule has 0 spiro atoms. The normalized spacial score (nSPS) is 20.0. The first-order valence-electron chi connectivity index (χ1n) is 8.38. The molecule has 3 rings (SSSR count). The predicted octanol–water partition coefficient (Wildman–Crippen LogP) is 2.64. The molecule has 24 heavy (non-hydrogen) atoms. The number of rotatable bonds is 3. The van der Waals surface area contributed by atoms with Gasteiger partial charge in [0.05, 0.1) is 0 Å². The zero-order valence-electron chi connectivity index (χ0n) is 14.4. The zero-order chi connectivity index (χ0) is 17.3. The van der Waals surface area contributed by atoms with Crippen LogP contribution in [0.15, 0.2) is 18.2 Å². The van der Waals surface area contributed by atoms with Gasteiger partial charge in [-0.3, -0.25) is 9.59 Å². The molecule has 2 amide bonds. The van der Waals surface area contributed by atoms with E-state index in [2.05, 4.69) is 12.2 Å². The van der Waals surface area contributed by atoms with Gasteiger partial charge in [0.1, 0.15) is 5.41 Å². The van der Waals surface area contributed by atoms with Crippen molar-refractivity contribution < 1.29 is 19.1 Å². The van der Waals surface area contributed by atoms with E-state index in [4.69, 9.17) is 9.47 Å². The number of carbonyl (C=O) groups is 2. The van der Waals surface area contributed by atoms with Crippen LogP contribution in [0.5, 0.6) is 11.5 Å². The van der Waals surface area contributed by atoms with E-state index in [0.29, 0.717) is 23.1 Å². The molecule has 0 bridgehead atoms. The average Bonchev–Trinajstić information content (AvgIpc) is 3.01. The molecule has 1 saturated heterocycles. The van der Waals surface area contributed by atoms with Gasteiger partial charge in [0, 0.05) is 24.8 Å². The Morgan fingerprint density at radius 3 is 2.75 bits per heavy atom. The standard InChI is InChI=1S/C18H24N2O4/c1-12-5-4-8-20(10-12)17(22)18(2,3)16(21)19-13-6-7-14-15(9-13)24-11-23-14/h6-7,9,12H,4-5,8,10-11H2,1-3H3,(H,19,21). The Morgan fingerprint density at radius 1 is 1.25 bits per heavy atom. The smallest absolute Gasteiger partial charge is 0.239 e. The molecule has 1 N–H and O–H groups in total. The Bertz CT molecular complexity index is 656. The number of hydrogen-bond acceptors (Lipinski definition) is 4. The van der Waals surface area contributed by atoms with Crippen LogP contribution < -0.4 is 14.8 Å². The van der Waals surface area contributed by atoms with E-state index in [0.717, 1.165) is 25.9 Å². The first kappa shape index (κ1) is 16.6. The maximum atomic E-state index is 12.8. The summed E-state index contributed by atoms with van der Waals surface area (Å²) in [6.45, 7) is 7.13. The third kappa shape index (κ3) is 3.18. The lowest BCUT2D eigenvalue weighted by atomic mass is 9.88. The number of anilines is 1. The van der Waals surface area contributed by atoms with Crippen molar-refractivity contribution in [2.45, 2.75) is 33.6 Å². The van der Waals surface area contributed by atoms with Crippen molar-refractivity contribution in [1.82, 2.24) is 4.90 Å². The number of ether oxygens (including phenoxy) is 2. The van der Waals surface area contributed by atoms with Gasteiger partial charge < -0.3 is 19.7 Å². The first-order valence-corrected chi connectivity index (χ1v) is 8.38. The van der Waals surface area contributed by atoms with Gasteiger partial charge in [0.25, 0.3) is 0 Å². The van der Waals surface area contributed by atoms with Gasteiger partial charge in [-0.15, -0.1) is 0 Å². The van der Waals surface area contributed by atoms with Gasteiger partial charge in [-0.1, -0.05) is 6.92 Å². The number of hydrogen-bond donors (Lipinski definition) is 1. The van der Waals surface area contributed by atoms with E-state index in [9.17, 15) is 9.59 Å². The minimum atomic E-state index is -1.12. The number of amides is 2. The molecule has 2 aliphatic rings. The lowest BCUT2D eigenvalue weighted by Crippen LogP contribution is -2.50. The monoisotopic (exact) mass is 332 g/mol. The van der Waals surface area contributed by atoms with Crippen LogP contribution in [-0.4, -0.2) is 36.6 Å². The Labute approximate surface area is 142 Å². The van der Waals surface area contributed by atoms with Crippen molar-refractivity contribution in [2.75, 3.05) is 25.2 Å². The number of benzene rings is 1. The molecule has 1 atom stereocenters. The second-order valence-corrected chi connectivity index (χ2v) is 7.15. The highest BCUT2D eigenvalue weighted by atomic mass is 16.7. The molecule has 1 aromatic carbocycles. The van der Waals surface area contributed by atoms with Gasteiger partial charge in [0.15, 0.2) is 11.5 Å². The van der Waals surface area contributed by atoms with Gasteiger partial charge in [-0.25, -0.2) is 0 Å². The lowest BCUT2D eigenvalue weighted by Gasteiger charge is -2.36. The van der Waals surface area contributed by atoms with Crippen molar-refractivity contribution in [3.05, 3.63) is 18.2 Å². The van der Waals surface area contributed by atoms with Crippen LogP contribution in [0, 0.1) is 11.3 Å². The molecular weight excluding hydrogens is 308 g/mol. The fourth-order valence-electron chi connectivity index (χ4n) is 3.13. The topological polar surface area (TPSA) is 67.9 Å². The fraction of sp³-hybridized carbons (Fsp3) is 0.556. The van der Waals surface area contributed by atoms with Crippen molar-refractivity contribution in [1.29, 1.82) is 0 Å². The van der Waals surface area contributed by atoms with E-state index in [-0.39, 0.29) is 18.6 Å². The van der Waals surface area contributed by atoms with Gasteiger partial charge in [0.2, 0.25) is 18.6 Å². The quantitative estimate of drug-likeness (QED) is 0.864. The Balaban J connectivity index is 1.69. The Kier molecular flexibility index (Phi) is 4.39. The molecule has 0 aliphatic carbocycles. The summed E-state index contributed by atoms with van der Waals surface area (Å²) in [4.78, 5) is 27.3. The Morgan fingerprint density at radius 2 is 2.00 bits per heavy atom. The molecule has 0 saturated carbocycles. The van der Waals surface area contributed by atoms with Crippen LogP contribution in [0.3, 0.4) is 0 Å². The van der Waals surface area contributed by atoms with E-state index < -0.39 is 5.41 Å². The van der Waals surface area contributed by atoms with Crippen LogP contribution in [0.25, 0.3) is 0 Å². The third-order valence-corrected chi connectivity index (χ3v) is 4.68. The van der Waals surface area contributed by atoms with E-state index in [1.54, 1.807) is 32.0 Å². The molecule has 2 heterocycles. The highest BCUT2D eigenvalue weighted by molar-refractivity contribution is 6.10. The fourth-order valence-corrected chi connectivity index (χ4v) is 3.13. The minimum absolute atomic E-state index is 0.118. The van der Waals surface area contributed by atoms with Crippen molar-refractivity contribution in [2.24, 2.45) is 11.3 Å². The summed E-state index contributed by atoms with van der Waals surface area (Å²) in [6, 6.07) is 5.21. The summed E-state index contributed by atoms with van der Waals surface area (Å²) in [5.74, 6) is 1.31. The molecular formula is C18H24N2O4. The summed E-state index contributed by atoms with van der Waals surface area (Å²) in [6.07, 6.45) is 2.13. The highest BCUT2D eigenvalue weighted by Gasteiger charge is 2.40. The molecule has 130 valence electrons. The van der Waals surface area contributed by atoms with Crippen LogP contribution in [0.2, 0.25) is 0 Å². The van der Waals surface area contributed by atoms with Gasteiger partial charge in [-0.2, -0.15) is 0 Å². The number of likely N-dealkylation sites (tertiary alicyclic amines) is 1. The van der Waals surface area contributed by atoms with Gasteiger partial charge >= 0.3 is 0 Å². The van der Waals surface area contributed by atoms with Crippen molar-refractivity contribution >= 4 is 17.5 Å². The number of fused-ring (bicyclic) bond motifs is 1. The zero-order valence-corrected chi connectivity index (χ0v) is 14.4. The summed E-state index contributed by atoms with van der Waals surface area (Å²) in [5, 5.41) is 2.82. The lowest BCUT2D eigenvalue weighted by molar-refractivity contribution is -0.147. The predicted molar refractivity (Wildman–Crippen MR) is 90.0 cm³/mol. The van der Waals surface area contributed by atoms with Crippen LogP contribution in [0.1, 0.15) is 33.6 Å².